The van der Waals surface area contributed by atoms with Crippen LogP contribution in [0.4, 0.5) is 0 Å². The molecule has 0 bridgehead atoms. The number of methoxy groups -OCH3 is 1. The topological polar surface area (TPSA) is 33.0 Å². The Hall–Kier alpha value is -2.53. The molecule has 0 aliphatic rings. The van der Waals surface area contributed by atoms with Crippen LogP contribution in [0.3, 0.4) is 0 Å². The Morgan fingerprint density at radius 1 is 0.870 bits per heavy atom. The molecule has 23 heavy (non-hydrogen) atoms. The van der Waals surface area contributed by atoms with Crippen molar-refractivity contribution in [2.75, 3.05) is 7.11 Å². The molecule has 0 atom stereocenters. The number of benzene rings is 2. The van der Waals surface area contributed by atoms with E-state index in [-0.39, 0.29) is 0 Å². The minimum atomic E-state index is 0.705. The second kappa shape index (κ2) is 6.71. The van der Waals surface area contributed by atoms with Crippen LogP contribution in [0, 0.1) is 45.9 Å². The van der Waals surface area contributed by atoms with Crippen molar-refractivity contribution in [1.29, 1.82) is 5.26 Å². The maximum absolute atomic E-state index is 9.70. The second-order valence-electron chi connectivity index (χ2n) is 5.94. The number of hydrogen-bond acceptors (Lipinski definition) is 2. The zero-order valence-electron chi connectivity index (χ0n) is 14.7. The van der Waals surface area contributed by atoms with Crippen molar-refractivity contribution in [1.82, 2.24) is 0 Å². The monoisotopic (exact) mass is 305 g/mol. The van der Waals surface area contributed by atoms with Gasteiger partial charge in [0.25, 0.3) is 0 Å². The van der Waals surface area contributed by atoms with Crippen molar-refractivity contribution >= 4 is 11.6 Å². The van der Waals surface area contributed by atoms with Gasteiger partial charge < -0.3 is 4.74 Å². The van der Waals surface area contributed by atoms with Crippen molar-refractivity contribution in [2.24, 2.45) is 0 Å². The van der Waals surface area contributed by atoms with Gasteiger partial charge in [-0.3, -0.25) is 0 Å². The lowest BCUT2D eigenvalue weighted by Crippen LogP contribution is -2.02. The van der Waals surface area contributed by atoms with Gasteiger partial charge in [-0.2, -0.15) is 5.26 Å². The molecule has 0 unspecified atom stereocenters. The van der Waals surface area contributed by atoms with Gasteiger partial charge in [-0.05, 0) is 91.8 Å². The summed E-state index contributed by atoms with van der Waals surface area (Å²) in [5, 5.41) is 9.70. The van der Waals surface area contributed by atoms with Crippen molar-refractivity contribution < 1.29 is 4.74 Å². The van der Waals surface area contributed by atoms with Crippen LogP contribution in [0.25, 0.3) is 11.6 Å². The van der Waals surface area contributed by atoms with Gasteiger partial charge in [0.1, 0.15) is 5.75 Å². The summed E-state index contributed by atoms with van der Waals surface area (Å²) in [4.78, 5) is 0. The van der Waals surface area contributed by atoms with Gasteiger partial charge in [-0.1, -0.05) is 12.1 Å². The summed E-state index contributed by atoms with van der Waals surface area (Å²) in [6.07, 6.45) is 1.95. The third-order valence-electron chi connectivity index (χ3n) is 4.82. The normalized spacial score (nSPS) is 11.3. The highest BCUT2D eigenvalue weighted by Crippen LogP contribution is 2.32. The fraction of sp³-hybridized carbons (Fsp3) is 0.286. The molecule has 0 saturated carbocycles. The SMILES string of the molecule is COc1ccc(/C=C(\C#N)c2c(C)c(C)c(C)c(C)c2C)cc1. The van der Waals surface area contributed by atoms with Gasteiger partial charge in [0.05, 0.1) is 18.8 Å². The molecule has 2 heteroatoms. The number of ether oxygens (including phenoxy) is 1. The molecule has 0 aliphatic heterocycles. The molecule has 0 spiro atoms. The Bertz CT molecular complexity index is 776. The van der Waals surface area contributed by atoms with E-state index in [1.54, 1.807) is 7.11 Å². The minimum Gasteiger partial charge on any atom is -0.497 e. The van der Waals surface area contributed by atoms with Gasteiger partial charge >= 0.3 is 0 Å². The summed E-state index contributed by atoms with van der Waals surface area (Å²) in [5.41, 5.74) is 8.97. The van der Waals surface area contributed by atoms with Crippen LogP contribution in [0.5, 0.6) is 5.75 Å². The van der Waals surface area contributed by atoms with Crippen molar-refractivity contribution in [3.05, 3.63) is 63.2 Å². The summed E-state index contributed by atoms with van der Waals surface area (Å²) in [6, 6.07) is 10.1. The molecule has 0 fully saturated rings. The molecular weight excluding hydrogens is 282 g/mol. The Kier molecular flexibility index (Phi) is 4.91. The van der Waals surface area contributed by atoms with Gasteiger partial charge in [0.15, 0.2) is 0 Å². The highest BCUT2D eigenvalue weighted by Gasteiger charge is 2.15. The van der Waals surface area contributed by atoms with Gasteiger partial charge in [-0.15, -0.1) is 0 Å². The highest BCUT2D eigenvalue weighted by atomic mass is 16.5. The summed E-state index contributed by atoms with van der Waals surface area (Å²) in [7, 11) is 1.65. The lowest BCUT2D eigenvalue weighted by molar-refractivity contribution is 0.415. The predicted octanol–water partition coefficient (Wildman–Crippen LogP) is 5.30. The summed E-state index contributed by atoms with van der Waals surface area (Å²) < 4.78 is 5.18. The Morgan fingerprint density at radius 2 is 1.35 bits per heavy atom. The van der Waals surface area contributed by atoms with E-state index in [0.717, 1.165) is 16.9 Å². The maximum Gasteiger partial charge on any atom is 0.118 e. The van der Waals surface area contributed by atoms with E-state index in [2.05, 4.69) is 40.7 Å². The third-order valence-corrected chi connectivity index (χ3v) is 4.82. The third kappa shape index (κ3) is 3.14. The molecule has 0 heterocycles. The maximum atomic E-state index is 9.70. The van der Waals surface area contributed by atoms with Crippen LogP contribution in [-0.4, -0.2) is 7.11 Å². The lowest BCUT2D eigenvalue weighted by Gasteiger charge is -2.18. The number of hydrogen-bond donors (Lipinski definition) is 0. The fourth-order valence-electron chi connectivity index (χ4n) is 2.93. The number of nitrogens with zero attached hydrogens (tertiary/aromatic N) is 1. The highest BCUT2D eigenvalue weighted by molar-refractivity contribution is 5.92. The largest absolute Gasteiger partial charge is 0.497 e. The van der Waals surface area contributed by atoms with Crippen LogP contribution in [0.1, 0.15) is 38.9 Å². The second-order valence-corrected chi connectivity index (χ2v) is 5.94. The first kappa shape index (κ1) is 16.8. The molecule has 2 rings (SSSR count). The quantitative estimate of drug-likeness (QED) is 0.569. The van der Waals surface area contributed by atoms with Crippen molar-refractivity contribution in [2.45, 2.75) is 34.6 Å². The first-order chi connectivity index (χ1) is 10.9. The van der Waals surface area contributed by atoms with E-state index in [4.69, 9.17) is 4.74 Å². The minimum absolute atomic E-state index is 0.705. The first-order valence-corrected chi connectivity index (χ1v) is 7.73. The summed E-state index contributed by atoms with van der Waals surface area (Å²) in [5.74, 6) is 0.815. The van der Waals surface area contributed by atoms with E-state index >= 15 is 0 Å². The van der Waals surface area contributed by atoms with Gasteiger partial charge in [0.2, 0.25) is 0 Å². The van der Waals surface area contributed by atoms with E-state index < -0.39 is 0 Å². The van der Waals surface area contributed by atoms with Gasteiger partial charge in [0, 0.05) is 0 Å². The van der Waals surface area contributed by atoms with Crippen LogP contribution in [-0.2, 0) is 0 Å². The molecule has 2 nitrogen and oxygen atoms in total. The number of rotatable bonds is 3. The lowest BCUT2D eigenvalue weighted by atomic mass is 9.86. The van der Waals surface area contributed by atoms with Crippen LogP contribution >= 0.6 is 0 Å². The predicted molar refractivity (Wildman–Crippen MR) is 96.6 cm³/mol. The molecule has 0 N–H and O–H groups in total. The molecule has 2 aromatic rings. The Morgan fingerprint density at radius 3 is 1.78 bits per heavy atom. The molecule has 0 radical (unpaired) electrons. The van der Waals surface area contributed by atoms with Crippen molar-refractivity contribution in [3.63, 3.8) is 0 Å². The van der Waals surface area contributed by atoms with Gasteiger partial charge in [-0.25, -0.2) is 0 Å². The average molecular weight is 305 g/mol. The molecule has 118 valence electrons. The molecule has 0 aliphatic carbocycles. The van der Waals surface area contributed by atoms with Crippen LogP contribution in [0.15, 0.2) is 24.3 Å². The Balaban J connectivity index is 2.62. The number of allylic oxidation sites excluding steroid dienone is 1. The average Bonchev–Trinajstić information content (AvgIpc) is 2.58. The summed E-state index contributed by atoms with van der Waals surface area (Å²) in [6.45, 7) is 10.6. The molecule has 0 amide bonds. The zero-order chi connectivity index (χ0) is 17.1. The first-order valence-electron chi connectivity index (χ1n) is 7.73. The van der Waals surface area contributed by atoms with Crippen LogP contribution in [0.2, 0.25) is 0 Å². The smallest absolute Gasteiger partial charge is 0.118 e. The zero-order valence-corrected chi connectivity index (χ0v) is 14.7. The summed E-state index contributed by atoms with van der Waals surface area (Å²) >= 11 is 0. The van der Waals surface area contributed by atoms with E-state index in [1.807, 2.05) is 30.3 Å². The fourth-order valence-corrected chi connectivity index (χ4v) is 2.93. The van der Waals surface area contributed by atoms with Crippen LogP contribution < -0.4 is 4.74 Å². The van der Waals surface area contributed by atoms with Crippen molar-refractivity contribution in [3.8, 4) is 11.8 Å². The van der Waals surface area contributed by atoms with E-state index in [1.165, 1.54) is 27.8 Å². The molecular formula is C21H23NO. The number of nitriles is 1. The molecule has 0 aromatic heterocycles. The standard InChI is InChI=1S/C21H23NO/c1-13-14(2)16(4)21(17(5)15(13)3)19(12-22)11-18-7-9-20(23-6)10-8-18/h7-11H,1-6H3/b19-11+. The molecule has 2 aromatic carbocycles. The molecule has 0 saturated heterocycles. The van der Waals surface area contributed by atoms with E-state index in [9.17, 15) is 5.26 Å². The Labute approximate surface area is 139 Å². The van der Waals surface area contributed by atoms with E-state index in [0.29, 0.717) is 5.57 Å².